The SMILES string of the molecule is COc1ccc(CCNC(=O)NCCCN2C(=O)c3ccccc3C2=O)cc1OC. The number of imide groups is 1. The predicted molar refractivity (Wildman–Crippen MR) is 111 cm³/mol. The van der Waals surface area contributed by atoms with E-state index in [1.165, 1.54) is 4.90 Å². The standard InChI is InChI=1S/C22H25N3O5/c1-29-18-9-8-15(14-19(18)30-2)10-12-24-22(28)23-11-5-13-25-20(26)16-6-3-4-7-17(16)21(25)27/h3-4,6-9,14H,5,10-13H2,1-2H3,(H2,23,24,28). The number of hydrogen-bond donors (Lipinski definition) is 2. The lowest BCUT2D eigenvalue weighted by atomic mass is 10.1. The summed E-state index contributed by atoms with van der Waals surface area (Å²) in [5.74, 6) is 0.738. The maximum Gasteiger partial charge on any atom is 0.314 e. The molecular weight excluding hydrogens is 386 g/mol. The quantitative estimate of drug-likeness (QED) is 0.487. The molecule has 0 saturated heterocycles. The van der Waals surface area contributed by atoms with Crippen molar-refractivity contribution in [3.8, 4) is 11.5 Å². The summed E-state index contributed by atoms with van der Waals surface area (Å²) in [6.45, 7) is 1.08. The first kappa shape index (κ1) is 21.2. The molecular formula is C22H25N3O5. The van der Waals surface area contributed by atoms with Gasteiger partial charge in [-0.15, -0.1) is 0 Å². The van der Waals surface area contributed by atoms with E-state index in [-0.39, 0.29) is 24.4 Å². The van der Waals surface area contributed by atoms with Gasteiger partial charge in [0.25, 0.3) is 11.8 Å². The number of amides is 4. The predicted octanol–water partition coefficient (Wildman–Crippen LogP) is 2.23. The van der Waals surface area contributed by atoms with Crippen LogP contribution in [-0.4, -0.2) is 56.6 Å². The van der Waals surface area contributed by atoms with Gasteiger partial charge in [0.15, 0.2) is 11.5 Å². The van der Waals surface area contributed by atoms with Crippen molar-refractivity contribution in [3.05, 3.63) is 59.2 Å². The molecule has 0 spiro atoms. The highest BCUT2D eigenvalue weighted by atomic mass is 16.5. The first-order valence-electron chi connectivity index (χ1n) is 9.73. The van der Waals surface area contributed by atoms with Gasteiger partial charge in [0.1, 0.15) is 0 Å². The summed E-state index contributed by atoms with van der Waals surface area (Å²) >= 11 is 0. The Labute approximate surface area is 175 Å². The molecule has 30 heavy (non-hydrogen) atoms. The largest absolute Gasteiger partial charge is 0.493 e. The van der Waals surface area contributed by atoms with Crippen LogP contribution in [0.25, 0.3) is 0 Å². The fourth-order valence-electron chi connectivity index (χ4n) is 3.30. The minimum Gasteiger partial charge on any atom is -0.493 e. The molecule has 2 N–H and O–H groups in total. The molecule has 2 aromatic carbocycles. The van der Waals surface area contributed by atoms with Gasteiger partial charge in [-0.3, -0.25) is 14.5 Å². The smallest absolute Gasteiger partial charge is 0.314 e. The third-order valence-corrected chi connectivity index (χ3v) is 4.87. The Hall–Kier alpha value is -3.55. The number of ether oxygens (including phenoxy) is 2. The Kier molecular flexibility index (Phi) is 6.90. The van der Waals surface area contributed by atoms with Crippen molar-refractivity contribution in [1.82, 2.24) is 15.5 Å². The molecule has 3 rings (SSSR count). The summed E-state index contributed by atoms with van der Waals surface area (Å²) in [5, 5.41) is 5.53. The van der Waals surface area contributed by atoms with Crippen LogP contribution in [0.3, 0.4) is 0 Å². The van der Waals surface area contributed by atoms with E-state index in [9.17, 15) is 14.4 Å². The van der Waals surface area contributed by atoms with Gasteiger partial charge in [0, 0.05) is 19.6 Å². The molecule has 0 fully saturated rings. The average molecular weight is 411 g/mol. The molecule has 0 atom stereocenters. The molecule has 8 heteroatoms. The van der Waals surface area contributed by atoms with Crippen LogP contribution in [0.2, 0.25) is 0 Å². The molecule has 1 heterocycles. The average Bonchev–Trinajstić information content (AvgIpc) is 3.01. The first-order valence-corrected chi connectivity index (χ1v) is 9.73. The summed E-state index contributed by atoms with van der Waals surface area (Å²) < 4.78 is 10.5. The molecule has 1 aliphatic rings. The monoisotopic (exact) mass is 411 g/mol. The summed E-state index contributed by atoms with van der Waals surface area (Å²) in [5.41, 5.74) is 1.88. The van der Waals surface area contributed by atoms with Crippen LogP contribution in [-0.2, 0) is 6.42 Å². The minimum absolute atomic E-state index is 0.262. The second kappa shape index (κ2) is 9.78. The highest BCUT2D eigenvalue weighted by molar-refractivity contribution is 6.21. The van der Waals surface area contributed by atoms with E-state index in [0.717, 1.165) is 5.56 Å². The zero-order valence-corrected chi connectivity index (χ0v) is 17.1. The molecule has 4 amide bonds. The Morgan fingerprint density at radius 1 is 0.900 bits per heavy atom. The van der Waals surface area contributed by atoms with Crippen LogP contribution >= 0.6 is 0 Å². The number of rotatable bonds is 9. The van der Waals surface area contributed by atoms with E-state index < -0.39 is 0 Å². The van der Waals surface area contributed by atoms with E-state index in [0.29, 0.717) is 48.6 Å². The zero-order chi connectivity index (χ0) is 21.5. The molecule has 2 aromatic rings. The number of carbonyl (C=O) groups excluding carboxylic acids is 3. The van der Waals surface area contributed by atoms with Crippen LogP contribution in [0, 0.1) is 0 Å². The summed E-state index contributed by atoms with van der Waals surface area (Å²) in [6.07, 6.45) is 1.12. The van der Waals surface area contributed by atoms with Gasteiger partial charge < -0.3 is 20.1 Å². The van der Waals surface area contributed by atoms with Gasteiger partial charge in [-0.1, -0.05) is 18.2 Å². The molecule has 8 nitrogen and oxygen atoms in total. The lowest BCUT2D eigenvalue weighted by molar-refractivity contribution is 0.0653. The van der Waals surface area contributed by atoms with Crippen LogP contribution in [0.4, 0.5) is 4.79 Å². The van der Waals surface area contributed by atoms with Gasteiger partial charge in [-0.25, -0.2) is 4.79 Å². The zero-order valence-electron chi connectivity index (χ0n) is 17.1. The molecule has 0 aromatic heterocycles. The van der Waals surface area contributed by atoms with Crippen molar-refractivity contribution < 1.29 is 23.9 Å². The summed E-state index contributed by atoms with van der Waals surface area (Å²) in [7, 11) is 3.16. The van der Waals surface area contributed by atoms with Gasteiger partial charge in [0.05, 0.1) is 25.3 Å². The normalized spacial score (nSPS) is 12.5. The Bertz CT molecular complexity index is 909. The Balaban J connectivity index is 1.36. The van der Waals surface area contributed by atoms with Crippen molar-refractivity contribution in [2.24, 2.45) is 0 Å². The number of urea groups is 1. The van der Waals surface area contributed by atoms with Crippen LogP contribution < -0.4 is 20.1 Å². The number of nitrogens with one attached hydrogen (secondary N) is 2. The molecule has 0 saturated carbocycles. The van der Waals surface area contributed by atoms with E-state index >= 15 is 0 Å². The number of benzene rings is 2. The minimum atomic E-state index is -0.294. The number of carbonyl (C=O) groups is 3. The first-order chi connectivity index (χ1) is 14.5. The van der Waals surface area contributed by atoms with Gasteiger partial charge in [-0.2, -0.15) is 0 Å². The number of methoxy groups -OCH3 is 2. The van der Waals surface area contributed by atoms with Crippen LogP contribution in [0.15, 0.2) is 42.5 Å². The molecule has 158 valence electrons. The second-order valence-corrected chi connectivity index (χ2v) is 6.78. The van der Waals surface area contributed by atoms with E-state index in [2.05, 4.69) is 10.6 Å². The topological polar surface area (TPSA) is 97.0 Å². The van der Waals surface area contributed by atoms with E-state index in [1.807, 2.05) is 18.2 Å². The van der Waals surface area contributed by atoms with Crippen LogP contribution in [0.1, 0.15) is 32.7 Å². The van der Waals surface area contributed by atoms with E-state index in [1.54, 1.807) is 38.5 Å². The van der Waals surface area contributed by atoms with Crippen molar-refractivity contribution >= 4 is 17.8 Å². The third kappa shape index (κ3) is 4.71. The maximum atomic E-state index is 12.3. The molecule has 0 radical (unpaired) electrons. The van der Waals surface area contributed by atoms with Crippen molar-refractivity contribution in [3.63, 3.8) is 0 Å². The molecule has 1 aliphatic heterocycles. The molecule has 0 bridgehead atoms. The number of nitrogens with zero attached hydrogens (tertiary/aromatic N) is 1. The van der Waals surface area contributed by atoms with Crippen molar-refractivity contribution in [1.29, 1.82) is 0 Å². The number of fused-ring (bicyclic) bond motifs is 1. The molecule has 0 unspecified atom stereocenters. The van der Waals surface area contributed by atoms with E-state index in [4.69, 9.17) is 9.47 Å². The fraction of sp³-hybridized carbons (Fsp3) is 0.318. The Morgan fingerprint density at radius 3 is 2.17 bits per heavy atom. The molecule has 0 aliphatic carbocycles. The highest BCUT2D eigenvalue weighted by Gasteiger charge is 2.34. The van der Waals surface area contributed by atoms with Gasteiger partial charge in [0.2, 0.25) is 0 Å². The highest BCUT2D eigenvalue weighted by Crippen LogP contribution is 2.27. The fourth-order valence-corrected chi connectivity index (χ4v) is 3.30. The van der Waals surface area contributed by atoms with Crippen molar-refractivity contribution in [2.75, 3.05) is 33.9 Å². The Morgan fingerprint density at radius 2 is 1.53 bits per heavy atom. The lowest BCUT2D eigenvalue weighted by Gasteiger charge is -2.14. The summed E-state index contributed by atoms with van der Waals surface area (Å²) in [4.78, 5) is 37.7. The second-order valence-electron chi connectivity index (χ2n) is 6.78. The van der Waals surface area contributed by atoms with Gasteiger partial charge >= 0.3 is 6.03 Å². The number of hydrogen-bond acceptors (Lipinski definition) is 5. The lowest BCUT2D eigenvalue weighted by Crippen LogP contribution is -2.38. The summed E-state index contributed by atoms with van der Waals surface area (Å²) in [6, 6.07) is 12.1. The third-order valence-electron chi connectivity index (χ3n) is 4.87. The maximum absolute atomic E-state index is 12.3. The van der Waals surface area contributed by atoms with Crippen LogP contribution in [0.5, 0.6) is 11.5 Å². The van der Waals surface area contributed by atoms with Crippen molar-refractivity contribution in [2.45, 2.75) is 12.8 Å². The van der Waals surface area contributed by atoms with Gasteiger partial charge in [-0.05, 0) is 42.7 Å².